The lowest BCUT2D eigenvalue weighted by molar-refractivity contribution is -0.384. The highest BCUT2D eigenvalue weighted by Gasteiger charge is 2.38. The van der Waals surface area contributed by atoms with Crippen LogP contribution in [0.1, 0.15) is 0 Å². The Hall–Kier alpha value is -1.61. The first kappa shape index (κ1) is 15.4. The molecule has 1 aromatic rings. The summed E-state index contributed by atoms with van der Waals surface area (Å²) in [5.41, 5.74) is -1.20. The van der Waals surface area contributed by atoms with Crippen LogP contribution in [0.2, 0.25) is 5.02 Å². The molecular formula is C9H7ClF4N2O3. The van der Waals surface area contributed by atoms with Gasteiger partial charge in [-0.15, -0.1) is 0 Å². The van der Waals surface area contributed by atoms with E-state index in [4.69, 9.17) is 16.7 Å². The second-order valence-corrected chi connectivity index (χ2v) is 3.89. The molecule has 0 aliphatic carbocycles. The maximum absolute atomic E-state index is 13.1. The molecule has 2 N–H and O–H groups in total. The Morgan fingerprint density at radius 3 is 2.53 bits per heavy atom. The number of hydrogen-bond donors (Lipinski definition) is 2. The Labute approximate surface area is 108 Å². The third-order valence-electron chi connectivity index (χ3n) is 2.10. The summed E-state index contributed by atoms with van der Waals surface area (Å²) in [6.45, 7) is -1.05. The monoisotopic (exact) mass is 302 g/mol. The van der Waals surface area contributed by atoms with Crippen molar-refractivity contribution in [2.45, 2.75) is 12.3 Å². The van der Waals surface area contributed by atoms with Gasteiger partial charge < -0.3 is 10.4 Å². The molecule has 19 heavy (non-hydrogen) atoms. The maximum Gasteiger partial charge on any atom is 0.416 e. The molecule has 0 fully saturated rings. The molecule has 0 aliphatic rings. The highest BCUT2D eigenvalue weighted by Crippen LogP contribution is 2.31. The van der Waals surface area contributed by atoms with Crippen LogP contribution < -0.4 is 5.32 Å². The normalized spacial score (nSPS) is 13.2. The van der Waals surface area contributed by atoms with Gasteiger partial charge in [-0.3, -0.25) is 10.1 Å². The number of aliphatic hydroxyl groups is 1. The highest BCUT2D eigenvalue weighted by molar-refractivity contribution is 6.31. The smallest absolute Gasteiger partial charge is 0.382 e. The molecule has 0 bridgehead atoms. The van der Waals surface area contributed by atoms with E-state index >= 15 is 0 Å². The predicted molar refractivity (Wildman–Crippen MR) is 58.6 cm³/mol. The molecule has 0 radical (unpaired) electrons. The van der Waals surface area contributed by atoms with Crippen molar-refractivity contribution in [3.8, 4) is 0 Å². The van der Waals surface area contributed by atoms with Crippen LogP contribution in [0.5, 0.6) is 0 Å². The summed E-state index contributed by atoms with van der Waals surface area (Å²) in [6.07, 6.45) is -7.61. The van der Waals surface area contributed by atoms with Crippen molar-refractivity contribution in [1.29, 1.82) is 0 Å². The lowest BCUT2D eigenvalue weighted by atomic mass is 10.2. The lowest BCUT2D eigenvalue weighted by Gasteiger charge is -2.15. The fourth-order valence-corrected chi connectivity index (χ4v) is 1.31. The van der Waals surface area contributed by atoms with Crippen LogP contribution in [0.4, 0.5) is 28.9 Å². The fraction of sp³-hybridized carbons (Fsp3) is 0.333. The quantitative estimate of drug-likeness (QED) is 0.509. The van der Waals surface area contributed by atoms with Gasteiger partial charge in [0.15, 0.2) is 6.10 Å². The molecular weight excluding hydrogens is 296 g/mol. The second-order valence-electron chi connectivity index (χ2n) is 3.48. The van der Waals surface area contributed by atoms with E-state index < -0.39 is 46.0 Å². The highest BCUT2D eigenvalue weighted by atomic mass is 35.5. The second kappa shape index (κ2) is 5.57. The minimum atomic E-state index is -4.88. The Balaban J connectivity index is 2.95. The SMILES string of the molecule is O=[N+]([O-])c1cc(Cl)c(F)cc1NCC(O)C(F)(F)F. The number of halogens is 5. The van der Waals surface area contributed by atoms with E-state index in [1.54, 1.807) is 0 Å². The minimum absolute atomic E-state index is 0.504. The number of nitrogens with zero attached hydrogens (tertiary/aromatic N) is 1. The summed E-state index contributed by atoms with van der Waals surface area (Å²) >= 11 is 5.33. The summed E-state index contributed by atoms with van der Waals surface area (Å²) in [7, 11) is 0. The van der Waals surface area contributed by atoms with E-state index in [0.717, 1.165) is 0 Å². The van der Waals surface area contributed by atoms with Crippen molar-refractivity contribution in [1.82, 2.24) is 0 Å². The fourth-order valence-electron chi connectivity index (χ4n) is 1.15. The van der Waals surface area contributed by atoms with Crippen molar-refractivity contribution >= 4 is 23.0 Å². The number of nitro groups is 1. The zero-order chi connectivity index (χ0) is 14.8. The molecule has 0 spiro atoms. The van der Waals surface area contributed by atoms with Crippen LogP contribution in [-0.2, 0) is 0 Å². The molecule has 1 rings (SSSR count). The van der Waals surface area contributed by atoms with Crippen LogP contribution >= 0.6 is 11.6 Å². The maximum atomic E-state index is 13.1. The number of anilines is 1. The molecule has 0 amide bonds. The van der Waals surface area contributed by atoms with Gasteiger partial charge in [0.2, 0.25) is 0 Å². The predicted octanol–water partition coefficient (Wildman–Crippen LogP) is 2.72. The number of hydrogen-bond acceptors (Lipinski definition) is 4. The van der Waals surface area contributed by atoms with E-state index in [1.165, 1.54) is 0 Å². The molecule has 10 heteroatoms. The minimum Gasteiger partial charge on any atom is -0.382 e. The Kier molecular flexibility index (Phi) is 4.53. The standard InChI is InChI=1S/C9H7ClF4N2O3/c10-4-1-7(16(18)19)6(2-5(4)11)15-3-8(17)9(12,13)14/h1-2,8,15,17H,3H2. The van der Waals surface area contributed by atoms with Crippen molar-refractivity contribution in [2.75, 3.05) is 11.9 Å². The first-order valence-electron chi connectivity index (χ1n) is 4.75. The zero-order valence-electron chi connectivity index (χ0n) is 9.04. The van der Waals surface area contributed by atoms with Crippen LogP contribution in [0.25, 0.3) is 0 Å². The summed E-state index contributed by atoms with van der Waals surface area (Å²) in [4.78, 5) is 9.69. The van der Waals surface area contributed by atoms with Crippen molar-refractivity contribution < 1.29 is 27.6 Å². The van der Waals surface area contributed by atoms with E-state index in [0.29, 0.717) is 12.1 Å². The summed E-state index contributed by atoms with van der Waals surface area (Å²) in [6, 6.07) is 1.25. The third-order valence-corrected chi connectivity index (χ3v) is 2.39. The summed E-state index contributed by atoms with van der Waals surface area (Å²) < 4.78 is 49.2. The van der Waals surface area contributed by atoms with Crippen LogP contribution in [-0.4, -0.2) is 28.9 Å². The largest absolute Gasteiger partial charge is 0.416 e. The molecule has 0 aromatic heterocycles. The van der Waals surface area contributed by atoms with Gasteiger partial charge in [-0.05, 0) is 0 Å². The van der Waals surface area contributed by atoms with Crippen LogP contribution in [0.3, 0.4) is 0 Å². The Morgan fingerprint density at radius 2 is 2.05 bits per heavy atom. The van der Waals surface area contributed by atoms with Crippen molar-refractivity contribution in [3.63, 3.8) is 0 Å². The molecule has 0 heterocycles. The molecule has 1 aromatic carbocycles. The number of aliphatic hydroxyl groups excluding tert-OH is 1. The number of rotatable bonds is 4. The molecule has 1 atom stereocenters. The Morgan fingerprint density at radius 1 is 1.47 bits per heavy atom. The lowest BCUT2D eigenvalue weighted by Crippen LogP contribution is -2.35. The average molecular weight is 303 g/mol. The molecule has 106 valence electrons. The van der Waals surface area contributed by atoms with Gasteiger partial charge in [0, 0.05) is 18.7 Å². The van der Waals surface area contributed by atoms with E-state index in [2.05, 4.69) is 0 Å². The van der Waals surface area contributed by atoms with Gasteiger partial charge in [-0.2, -0.15) is 13.2 Å². The van der Waals surface area contributed by atoms with Gasteiger partial charge in [0.05, 0.1) is 9.95 Å². The first-order chi connectivity index (χ1) is 8.62. The van der Waals surface area contributed by atoms with E-state index in [-0.39, 0.29) is 0 Å². The molecule has 5 nitrogen and oxygen atoms in total. The summed E-state index contributed by atoms with van der Waals surface area (Å²) in [5, 5.41) is 20.8. The van der Waals surface area contributed by atoms with Gasteiger partial charge >= 0.3 is 6.18 Å². The van der Waals surface area contributed by atoms with E-state index in [1.807, 2.05) is 5.32 Å². The van der Waals surface area contributed by atoms with Crippen LogP contribution in [0.15, 0.2) is 12.1 Å². The topological polar surface area (TPSA) is 75.4 Å². The summed E-state index contributed by atoms with van der Waals surface area (Å²) in [5.74, 6) is -1.03. The van der Waals surface area contributed by atoms with Gasteiger partial charge in [-0.25, -0.2) is 4.39 Å². The van der Waals surface area contributed by atoms with Gasteiger partial charge in [0.25, 0.3) is 5.69 Å². The third kappa shape index (κ3) is 3.93. The van der Waals surface area contributed by atoms with Gasteiger partial charge in [-0.1, -0.05) is 11.6 Å². The van der Waals surface area contributed by atoms with Gasteiger partial charge in [0.1, 0.15) is 11.5 Å². The first-order valence-corrected chi connectivity index (χ1v) is 5.13. The number of benzene rings is 1. The van der Waals surface area contributed by atoms with Crippen molar-refractivity contribution in [3.05, 3.63) is 33.1 Å². The number of nitrogens with one attached hydrogen (secondary N) is 1. The van der Waals surface area contributed by atoms with E-state index in [9.17, 15) is 27.7 Å². The number of alkyl halides is 3. The molecule has 0 saturated carbocycles. The zero-order valence-corrected chi connectivity index (χ0v) is 9.80. The number of nitro benzene ring substituents is 1. The molecule has 1 unspecified atom stereocenters. The Bertz CT molecular complexity index is 495. The van der Waals surface area contributed by atoms with Crippen LogP contribution in [0, 0.1) is 15.9 Å². The molecule has 0 saturated heterocycles. The average Bonchev–Trinajstić information content (AvgIpc) is 2.28. The molecule has 0 aliphatic heterocycles. The van der Waals surface area contributed by atoms with Crippen molar-refractivity contribution in [2.24, 2.45) is 0 Å².